The number of aromatic nitrogens is 2. The van der Waals surface area contributed by atoms with Crippen LogP contribution >= 0.6 is 0 Å². The Hall–Kier alpha value is -1.36. The molecule has 3 rings (SSSR count). The third kappa shape index (κ3) is 3.12. The minimum atomic E-state index is 0.355. The number of rotatable bonds is 3. The Labute approximate surface area is 127 Å². The van der Waals surface area contributed by atoms with Crippen LogP contribution < -0.4 is 10.2 Å². The molecule has 0 saturated carbocycles. The van der Waals surface area contributed by atoms with Crippen molar-refractivity contribution in [2.24, 2.45) is 0 Å². The number of nitrogens with one attached hydrogen (secondary N) is 1. The molecule has 0 radical (unpaired) electrons. The lowest BCUT2D eigenvalue weighted by molar-refractivity contribution is 0.133. The van der Waals surface area contributed by atoms with Crippen molar-refractivity contribution in [1.29, 1.82) is 0 Å². The van der Waals surface area contributed by atoms with E-state index in [1.54, 1.807) is 0 Å². The average molecular weight is 289 g/mol. The average Bonchev–Trinajstić information content (AvgIpc) is 2.53. The first-order valence-electron chi connectivity index (χ1n) is 8.23. The highest BCUT2D eigenvalue weighted by atomic mass is 15.3. The summed E-state index contributed by atoms with van der Waals surface area (Å²) in [7, 11) is 1.93. The van der Waals surface area contributed by atoms with Crippen molar-refractivity contribution in [2.45, 2.75) is 45.1 Å². The molecule has 3 heterocycles. The number of fused-ring (bicyclic) bond motifs is 1. The van der Waals surface area contributed by atoms with Crippen molar-refractivity contribution >= 4 is 11.6 Å². The molecule has 2 aliphatic heterocycles. The second kappa shape index (κ2) is 6.18. The largest absolute Gasteiger partial charge is 0.373 e. The normalized spacial score (nSPS) is 23.2. The molecule has 5 nitrogen and oxygen atoms in total. The molecule has 0 spiro atoms. The molecule has 0 aliphatic carbocycles. The molecule has 1 aromatic rings. The quantitative estimate of drug-likeness (QED) is 0.925. The van der Waals surface area contributed by atoms with Crippen molar-refractivity contribution in [3.63, 3.8) is 0 Å². The maximum atomic E-state index is 4.80. The first kappa shape index (κ1) is 14.6. The van der Waals surface area contributed by atoms with Crippen LogP contribution in [0.25, 0.3) is 0 Å². The zero-order chi connectivity index (χ0) is 14.8. The van der Waals surface area contributed by atoms with Crippen LogP contribution in [-0.4, -0.2) is 54.1 Å². The minimum Gasteiger partial charge on any atom is -0.373 e. The molecule has 5 heteroatoms. The summed E-state index contributed by atoms with van der Waals surface area (Å²) in [6, 6.07) is 2.80. The van der Waals surface area contributed by atoms with Gasteiger partial charge in [-0.1, -0.05) is 20.3 Å². The highest BCUT2D eigenvalue weighted by Gasteiger charge is 2.29. The number of piperazine rings is 1. The summed E-state index contributed by atoms with van der Waals surface area (Å²) in [6.45, 7) is 8.93. The Morgan fingerprint density at radius 2 is 2.05 bits per heavy atom. The number of piperidine rings is 1. The van der Waals surface area contributed by atoms with E-state index in [1.165, 1.54) is 32.4 Å². The van der Waals surface area contributed by atoms with Gasteiger partial charge in [-0.25, -0.2) is 9.97 Å². The van der Waals surface area contributed by atoms with Crippen LogP contribution in [0.5, 0.6) is 0 Å². The van der Waals surface area contributed by atoms with Crippen molar-refractivity contribution in [1.82, 2.24) is 14.9 Å². The van der Waals surface area contributed by atoms with E-state index in [0.29, 0.717) is 12.0 Å². The summed E-state index contributed by atoms with van der Waals surface area (Å²) < 4.78 is 0. The van der Waals surface area contributed by atoms with E-state index in [2.05, 4.69) is 40.0 Å². The smallest absolute Gasteiger partial charge is 0.135 e. The fraction of sp³-hybridized carbons (Fsp3) is 0.750. The summed E-state index contributed by atoms with van der Waals surface area (Å²) in [5.41, 5.74) is 0. The zero-order valence-corrected chi connectivity index (χ0v) is 13.5. The second-order valence-electron chi connectivity index (χ2n) is 6.51. The molecule has 21 heavy (non-hydrogen) atoms. The van der Waals surface area contributed by atoms with Gasteiger partial charge in [0.15, 0.2) is 0 Å². The van der Waals surface area contributed by atoms with E-state index in [0.717, 1.165) is 30.5 Å². The van der Waals surface area contributed by atoms with Crippen molar-refractivity contribution in [3.05, 3.63) is 11.9 Å². The monoisotopic (exact) mass is 289 g/mol. The fourth-order valence-electron chi connectivity index (χ4n) is 3.36. The van der Waals surface area contributed by atoms with Crippen LogP contribution in [0, 0.1) is 0 Å². The molecule has 1 atom stereocenters. The van der Waals surface area contributed by atoms with E-state index < -0.39 is 0 Å². The van der Waals surface area contributed by atoms with Gasteiger partial charge >= 0.3 is 0 Å². The third-order valence-electron chi connectivity index (χ3n) is 4.66. The van der Waals surface area contributed by atoms with E-state index in [4.69, 9.17) is 4.98 Å². The molecule has 2 saturated heterocycles. The second-order valence-corrected chi connectivity index (χ2v) is 6.51. The van der Waals surface area contributed by atoms with Crippen molar-refractivity contribution < 1.29 is 0 Å². The molecule has 0 bridgehead atoms. The van der Waals surface area contributed by atoms with E-state index in [1.807, 2.05) is 7.05 Å². The van der Waals surface area contributed by atoms with E-state index in [9.17, 15) is 0 Å². The van der Waals surface area contributed by atoms with Crippen LogP contribution in [0.15, 0.2) is 6.07 Å². The van der Waals surface area contributed by atoms with Gasteiger partial charge < -0.3 is 10.2 Å². The van der Waals surface area contributed by atoms with Gasteiger partial charge in [0.1, 0.15) is 17.5 Å². The topological polar surface area (TPSA) is 44.3 Å². The summed E-state index contributed by atoms with van der Waals surface area (Å²) in [6.07, 6.45) is 4.07. The van der Waals surface area contributed by atoms with Gasteiger partial charge in [0.05, 0.1) is 0 Å². The molecule has 1 unspecified atom stereocenters. The Balaban J connectivity index is 1.81. The number of hydrogen-bond acceptors (Lipinski definition) is 5. The zero-order valence-electron chi connectivity index (χ0n) is 13.5. The molecular formula is C16H27N5. The summed E-state index contributed by atoms with van der Waals surface area (Å²) in [5.74, 6) is 3.30. The van der Waals surface area contributed by atoms with Gasteiger partial charge in [-0.2, -0.15) is 0 Å². The van der Waals surface area contributed by atoms with Gasteiger partial charge in [-0.15, -0.1) is 0 Å². The number of hydrogen-bond donors (Lipinski definition) is 1. The molecule has 116 valence electrons. The molecule has 2 fully saturated rings. The molecule has 0 amide bonds. The highest BCUT2D eigenvalue weighted by molar-refractivity contribution is 5.50. The Morgan fingerprint density at radius 3 is 2.81 bits per heavy atom. The Morgan fingerprint density at radius 1 is 1.19 bits per heavy atom. The first-order valence-corrected chi connectivity index (χ1v) is 8.23. The predicted molar refractivity (Wildman–Crippen MR) is 87.1 cm³/mol. The molecular weight excluding hydrogens is 262 g/mol. The van der Waals surface area contributed by atoms with E-state index in [-0.39, 0.29) is 0 Å². The lowest BCUT2D eigenvalue weighted by Gasteiger charge is -2.44. The molecule has 0 aromatic carbocycles. The van der Waals surface area contributed by atoms with Gasteiger partial charge in [0, 0.05) is 44.7 Å². The summed E-state index contributed by atoms with van der Waals surface area (Å²) in [5, 5.41) is 3.17. The lowest BCUT2D eigenvalue weighted by Crippen LogP contribution is -2.55. The van der Waals surface area contributed by atoms with Crippen molar-refractivity contribution in [3.8, 4) is 0 Å². The maximum Gasteiger partial charge on any atom is 0.135 e. The SMILES string of the molecule is CNc1cc(N2CCN3CCCCC3C2)nc(C(C)C)n1. The standard InChI is InChI=1S/C16H27N5/c1-12(2)16-18-14(17-3)10-15(19-16)21-9-8-20-7-5-4-6-13(20)11-21/h10,12-13H,4-9,11H2,1-3H3,(H,17,18,19). The fourth-order valence-corrected chi connectivity index (χ4v) is 3.36. The van der Waals surface area contributed by atoms with Gasteiger partial charge in [0.2, 0.25) is 0 Å². The number of anilines is 2. The summed E-state index contributed by atoms with van der Waals surface area (Å²) in [4.78, 5) is 14.5. The molecule has 1 aromatic heterocycles. The highest BCUT2D eigenvalue weighted by Crippen LogP contribution is 2.26. The van der Waals surface area contributed by atoms with Crippen LogP contribution in [0.4, 0.5) is 11.6 Å². The predicted octanol–water partition coefficient (Wildman–Crippen LogP) is 2.32. The third-order valence-corrected chi connectivity index (χ3v) is 4.66. The number of nitrogens with zero attached hydrogens (tertiary/aromatic N) is 4. The Bertz CT molecular complexity index is 488. The van der Waals surface area contributed by atoms with Gasteiger partial charge in [0.25, 0.3) is 0 Å². The lowest BCUT2D eigenvalue weighted by atomic mass is 9.99. The van der Waals surface area contributed by atoms with Crippen LogP contribution in [-0.2, 0) is 0 Å². The minimum absolute atomic E-state index is 0.355. The van der Waals surface area contributed by atoms with Gasteiger partial charge in [-0.3, -0.25) is 4.90 Å². The van der Waals surface area contributed by atoms with Crippen molar-refractivity contribution in [2.75, 3.05) is 43.4 Å². The Kier molecular flexibility index (Phi) is 4.29. The van der Waals surface area contributed by atoms with Crippen LogP contribution in [0.3, 0.4) is 0 Å². The van der Waals surface area contributed by atoms with Crippen LogP contribution in [0.2, 0.25) is 0 Å². The molecule has 2 aliphatic rings. The van der Waals surface area contributed by atoms with Crippen LogP contribution in [0.1, 0.15) is 44.9 Å². The first-order chi connectivity index (χ1) is 10.2. The maximum absolute atomic E-state index is 4.80. The molecule has 1 N–H and O–H groups in total. The van der Waals surface area contributed by atoms with E-state index >= 15 is 0 Å². The van der Waals surface area contributed by atoms with Gasteiger partial charge in [-0.05, 0) is 19.4 Å². The summed E-state index contributed by atoms with van der Waals surface area (Å²) >= 11 is 0.